The Morgan fingerprint density at radius 1 is 0.958 bits per heavy atom. The van der Waals surface area contributed by atoms with E-state index in [1.54, 1.807) is 4.68 Å². The highest BCUT2D eigenvalue weighted by Gasteiger charge is 2.15. The van der Waals surface area contributed by atoms with Crippen molar-refractivity contribution in [3.63, 3.8) is 0 Å². The molecule has 0 spiro atoms. The number of hydrogen-bond donors (Lipinski definition) is 1. The van der Waals surface area contributed by atoms with Gasteiger partial charge in [-0.25, -0.2) is 0 Å². The van der Waals surface area contributed by atoms with Crippen LogP contribution in [-0.4, -0.2) is 24.7 Å². The lowest BCUT2D eigenvalue weighted by Gasteiger charge is -2.03. The first-order chi connectivity index (χ1) is 11.8. The van der Waals surface area contributed by atoms with Crippen LogP contribution in [0.5, 0.6) is 0 Å². The molecule has 0 atom stereocenters. The van der Waals surface area contributed by atoms with E-state index in [1.165, 1.54) is 5.56 Å². The third-order valence-electron chi connectivity index (χ3n) is 4.21. The Morgan fingerprint density at radius 3 is 2.46 bits per heavy atom. The van der Waals surface area contributed by atoms with E-state index in [9.17, 15) is 5.11 Å². The lowest BCUT2D eigenvalue weighted by molar-refractivity contribution is 0.270. The zero-order chi connectivity index (χ0) is 16.5. The molecule has 4 rings (SSSR count). The van der Waals surface area contributed by atoms with Gasteiger partial charge in [0.05, 0.1) is 24.4 Å². The van der Waals surface area contributed by atoms with Crippen LogP contribution >= 0.6 is 0 Å². The molecule has 0 aliphatic carbocycles. The molecule has 24 heavy (non-hydrogen) atoms. The lowest BCUT2D eigenvalue weighted by atomic mass is 10.1. The highest BCUT2D eigenvalue weighted by Crippen LogP contribution is 2.28. The van der Waals surface area contributed by atoms with Crippen molar-refractivity contribution in [1.29, 1.82) is 0 Å². The summed E-state index contributed by atoms with van der Waals surface area (Å²) in [4.78, 5) is 0. The Labute approximate surface area is 139 Å². The fraction of sp³-hybridized carbons (Fsp3) is 0.158. The van der Waals surface area contributed by atoms with Crippen LogP contribution in [0, 0.1) is 0 Å². The maximum atomic E-state index is 9.41. The normalized spacial score (nSPS) is 11.2. The van der Waals surface area contributed by atoms with Crippen LogP contribution in [0.15, 0.2) is 60.7 Å². The van der Waals surface area contributed by atoms with Crippen molar-refractivity contribution < 1.29 is 5.11 Å². The Morgan fingerprint density at radius 2 is 1.71 bits per heavy atom. The van der Waals surface area contributed by atoms with Gasteiger partial charge >= 0.3 is 0 Å². The van der Waals surface area contributed by atoms with Crippen LogP contribution in [-0.2, 0) is 20.2 Å². The Balaban J connectivity index is 1.84. The van der Waals surface area contributed by atoms with E-state index < -0.39 is 0 Å². The van der Waals surface area contributed by atoms with Crippen molar-refractivity contribution >= 4 is 10.9 Å². The molecule has 1 N–H and O–H groups in total. The van der Waals surface area contributed by atoms with Crippen LogP contribution in [0.25, 0.3) is 22.3 Å². The van der Waals surface area contributed by atoms with Crippen molar-refractivity contribution in [2.75, 3.05) is 0 Å². The standard InChI is InChI=1S/C19H18N4O/c1-22-15(13-24)11-17(20-22)19-16-9-5-6-10-18(16)23(21-19)12-14-7-3-2-4-8-14/h2-11,24H,12-13H2,1H3. The zero-order valence-corrected chi connectivity index (χ0v) is 13.4. The third-order valence-corrected chi connectivity index (χ3v) is 4.21. The van der Waals surface area contributed by atoms with Gasteiger partial charge in [0.1, 0.15) is 11.4 Å². The van der Waals surface area contributed by atoms with Gasteiger partial charge < -0.3 is 5.11 Å². The number of benzene rings is 2. The minimum absolute atomic E-state index is 0.0356. The molecule has 5 heteroatoms. The van der Waals surface area contributed by atoms with Gasteiger partial charge in [-0.2, -0.15) is 10.2 Å². The van der Waals surface area contributed by atoms with Gasteiger partial charge in [-0.1, -0.05) is 48.5 Å². The largest absolute Gasteiger partial charge is 0.390 e. The van der Waals surface area contributed by atoms with Crippen molar-refractivity contribution in [3.05, 3.63) is 71.9 Å². The summed E-state index contributed by atoms with van der Waals surface area (Å²) in [6.07, 6.45) is 0. The molecule has 0 aliphatic heterocycles. The number of hydrogen-bond acceptors (Lipinski definition) is 3. The minimum atomic E-state index is -0.0356. The lowest BCUT2D eigenvalue weighted by Crippen LogP contribution is -2.01. The second-order valence-corrected chi connectivity index (χ2v) is 5.81. The maximum absolute atomic E-state index is 9.41. The molecule has 2 heterocycles. The monoisotopic (exact) mass is 318 g/mol. The number of fused-ring (bicyclic) bond motifs is 1. The molecule has 0 unspecified atom stereocenters. The van der Waals surface area contributed by atoms with Crippen LogP contribution in [0.3, 0.4) is 0 Å². The predicted molar refractivity (Wildman–Crippen MR) is 93.4 cm³/mol. The summed E-state index contributed by atoms with van der Waals surface area (Å²) in [6, 6.07) is 20.3. The molecule has 0 fully saturated rings. The number of nitrogens with zero attached hydrogens (tertiary/aromatic N) is 4. The molecule has 2 aromatic heterocycles. The molecule has 0 amide bonds. The van der Waals surface area contributed by atoms with E-state index in [-0.39, 0.29) is 6.61 Å². The van der Waals surface area contributed by atoms with E-state index >= 15 is 0 Å². The highest BCUT2D eigenvalue weighted by molar-refractivity contribution is 5.92. The molecule has 0 bridgehead atoms. The molecule has 5 nitrogen and oxygen atoms in total. The first-order valence-electron chi connectivity index (χ1n) is 7.90. The van der Waals surface area contributed by atoms with Gasteiger partial charge in [-0.15, -0.1) is 0 Å². The fourth-order valence-corrected chi connectivity index (χ4v) is 2.96. The number of aryl methyl sites for hydroxylation is 1. The molecular weight excluding hydrogens is 300 g/mol. The molecule has 120 valence electrons. The maximum Gasteiger partial charge on any atom is 0.120 e. The van der Waals surface area contributed by atoms with Crippen molar-refractivity contribution in [3.8, 4) is 11.4 Å². The topological polar surface area (TPSA) is 55.9 Å². The Hall–Kier alpha value is -2.92. The van der Waals surface area contributed by atoms with E-state index in [0.29, 0.717) is 6.54 Å². The highest BCUT2D eigenvalue weighted by atomic mass is 16.3. The van der Waals surface area contributed by atoms with Crippen LogP contribution in [0.1, 0.15) is 11.3 Å². The van der Waals surface area contributed by atoms with E-state index in [1.807, 2.05) is 48.1 Å². The molecule has 0 radical (unpaired) electrons. The van der Waals surface area contributed by atoms with E-state index in [0.717, 1.165) is 28.0 Å². The number of rotatable bonds is 4. The number of aliphatic hydroxyl groups excluding tert-OH is 1. The van der Waals surface area contributed by atoms with Gasteiger partial charge in [0.2, 0.25) is 0 Å². The Kier molecular flexibility index (Phi) is 3.63. The summed E-state index contributed by atoms with van der Waals surface area (Å²) in [7, 11) is 1.83. The third kappa shape index (κ3) is 2.49. The van der Waals surface area contributed by atoms with Crippen molar-refractivity contribution in [1.82, 2.24) is 19.6 Å². The number of aliphatic hydroxyl groups is 1. The summed E-state index contributed by atoms with van der Waals surface area (Å²) in [6.45, 7) is 0.674. The van der Waals surface area contributed by atoms with Crippen LogP contribution in [0.4, 0.5) is 0 Å². The summed E-state index contributed by atoms with van der Waals surface area (Å²) >= 11 is 0. The first kappa shape index (κ1) is 14.7. The smallest absolute Gasteiger partial charge is 0.120 e. The number of para-hydroxylation sites is 1. The average molecular weight is 318 g/mol. The molecule has 0 saturated carbocycles. The van der Waals surface area contributed by atoms with Gasteiger partial charge in [0.25, 0.3) is 0 Å². The van der Waals surface area contributed by atoms with E-state index in [2.05, 4.69) is 29.4 Å². The second kappa shape index (κ2) is 5.94. The van der Waals surface area contributed by atoms with Gasteiger partial charge in [0.15, 0.2) is 0 Å². The minimum Gasteiger partial charge on any atom is -0.390 e. The summed E-state index contributed by atoms with van der Waals surface area (Å²) in [5.41, 5.74) is 4.68. The van der Waals surface area contributed by atoms with Crippen molar-refractivity contribution in [2.45, 2.75) is 13.2 Å². The van der Waals surface area contributed by atoms with Gasteiger partial charge in [-0.3, -0.25) is 9.36 Å². The SMILES string of the molecule is Cn1nc(-c2nn(Cc3ccccc3)c3ccccc23)cc1CO. The molecule has 4 aromatic rings. The molecule has 2 aromatic carbocycles. The molecule has 0 saturated heterocycles. The summed E-state index contributed by atoms with van der Waals surface area (Å²) < 4.78 is 3.70. The summed E-state index contributed by atoms with van der Waals surface area (Å²) in [5.74, 6) is 0. The predicted octanol–water partition coefficient (Wildman–Crippen LogP) is 2.98. The van der Waals surface area contributed by atoms with E-state index in [4.69, 9.17) is 5.10 Å². The van der Waals surface area contributed by atoms with Gasteiger partial charge in [-0.05, 0) is 17.7 Å². The zero-order valence-electron chi connectivity index (χ0n) is 13.4. The summed E-state index contributed by atoms with van der Waals surface area (Å²) in [5, 5.41) is 19.8. The quantitative estimate of drug-likeness (QED) is 0.629. The second-order valence-electron chi connectivity index (χ2n) is 5.81. The Bertz CT molecular complexity index is 985. The molecule has 0 aliphatic rings. The van der Waals surface area contributed by atoms with Gasteiger partial charge in [0, 0.05) is 12.4 Å². The van der Waals surface area contributed by atoms with Crippen molar-refractivity contribution in [2.24, 2.45) is 7.05 Å². The van der Waals surface area contributed by atoms with Crippen LogP contribution < -0.4 is 0 Å². The first-order valence-corrected chi connectivity index (χ1v) is 7.90. The fourth-order valence-electron chi connectivity index (χ4n) is 2.96. The number of aromatic nitrogens is 4. The average Bonchev–Trinajstić information content (AvgIpc) is 3.17. The molecular formula is C19H18N4O. The van der Waals surface area contributed by atoms with Crippen LogP contribution in [0.2, 0.25) is 0 Å².